The van der Waals surface area contributed by atoms with Gasteiger partial charge in [-0.2, -0.15) is 0 Å². The van der Waals surface area contributed by atoms with Crippen molar-refractivity contribution in [3.8, 4) is 5.75 Å². The molecule has 114 valence electrons. The fourth-order valence-corrected chi connectivity index (χ4v) is 3.16. The van der Waals surface area contributed by atoms with Crippen LogP contribution < -0.4 is 15.8 Å². The van der Waals surface area contributed by atoms with Gasteiger partial charge in [0, 0.05) is 18.5 Å². The van der Waals surface area contributed by atoms with Crippen LogP contribution in [0.4, 0.5) is 0 Å². The van der Waals surface area contributed by atoms with Gasteiger partial charge in [-0.3, -0.25) is 4.99 Å². The zero-order valence-electron chi connectivity index (χ0n) is 12.8. The second kappa shape index (κ2) is 5.96. The number of nitrogens with one attached hydrogen (secondary N) is 1. The van der Waals surface area contributed by atoms with E-state index in [2.05, 4.69) is 23.3 Å². The third kappa shape index (κ3) is 3.31. The second-order valence-electron chi connectivity index (χ2n) is 6.32. The Kier molecular flexibility index (Phi) is 4.04. The molecule has 1 saturated carbocycles. The third-order valence-corrected chi connectivity index (χ3v) is 4.60. The Morgan fingerprint density at radius 2 is 2.24 bits per heavy atom. The maximum Gasteiger partial charge on any atom is 0.189 e. The molecule has 4 nitrogen and oxygen atoms in total. The fraction of sp³-hybridized carbons (Fsp3) is 0.588. The minimum atomic E-state index is 0.208. The minimum absolute atomic E-state index is 0.208. The first-order valence-corrected chi connectivity index (χ1v) is 8.01. The topological polar surface area (TPSA) is 59.6 Å². The van der Waals surface area contributed by atoms with Crippen LogP contribution in [0.15, 0.2) is 29.3 Å². The zero-order chi connectivity index (χ0) is 14.7. The average molecular weight is 287 g/mol. The Morgan fingerprint density at radius 3 is 3.00 bits per heavy atom. The van der Waals surface area contributed by atoms with Crippen molar-refractivity contribution in [2.45, 2.75) is 45.1 Å². The van der Waals surface area contributed by atoms with Gasteiger partial charge in [0.1, 0.15) is 5.75 Å². The molecule has 0 saturated heterocycles. The number of para-hydroxylation sites is 1. The molecule has 1 aromatic rings. The van der Waals surface area contributed by atoms with Crippen molar-refractivity contribution >= 4 is 5.96 Å². The standard InChI is InChI=1S/C17H25N3O/c1-2-8-17(9-10-17)12-19-16(18)20-14-7-11-21-15-6-4-3-5-13(14)15/h3-6,14H,2,7-12H2,1H3,(H3,18,19,20). The van der Waals surface area contributed by atoms with Crippen molar-refractivity contribution in [2.24, 2.45) is 16.1 Å². The van der Waals surface area contributed by atoms with Crippen LogP contribution in [0.1, 0.15) is 50.6 Å². The van der Waals surface area contributed by atoms with E-state index in [1.54, 1.807) is 0 Å². The first kappa shape index (κ1) is 14.2. The fourth-order valence-electron chi connectivity index (χ4n) is 3.16. The molecule has 1 heterocycles. The van der Waals surface area contributed by atoms with Crippen LogP contribution in [-0.2, 0) is 0 Å². The Labute approximate surface area is 126 Å². The van der Waals surface area contributed by atoms with Crippen LogP contribution in [0.3, 0.4) is 0 Å². The Balaban J connectivity index is 1.62. The normalized spacial score (nSPS) is 23.1. The predicted molar refractivity (Wildman–Crippen MR) is 85.5 cm³/mol. The molecule has 3 rings (SSSR count). The number of nitrogens with zero attached hydrogens (tertiary/aromatic N) is 1. The molecule has 0 bridgehead atoms. The summed E-state index contributed by atoms with van der Waals surface area (Å²) in [7, 11) is 0. The summed E-state index contributed by atoms with van der Waals surface area (Å²) in [6.45, 7) is 3.83. The van der Waals surface area contributed by atoms with Gasteiger partial charge in [-0.15, -0.1) is 0 Å². The van der Waals surface area contributed by atoms with Gasteiger partial charge in [-0.05, 0) is 30.7 Å². The van der Waals surface area contributed by atoms with Crippen LogP contribution in [-0.4, -0.2) is 19.1 Å². The van der Waals surface area contributed by atoms with Gasteiger partial charge in [0.2, 0.25) is 0 Å². The van der Waals surface area contributed by atoms with E-state index in [0.717, 1.165) is 25.3 Å². The lowest BCUT2D eigenvalue weighted by molar-refractivity contribution is 0.262. The van der Waals surface area contributed by atoms with E-state index in [1.807, 2.05) is 18.2 Å². The smallest absolute Gasteiger partial charge is 0.189 e. The van der Waals surface area contributed by atoms with E-state index in [1.165, 1.54) is 31.2 Å². The lowest BCUT2D eigenvalue weighted by Crippen LogP contribution is -2.37. The van der Waals surface area contributed by atoms with E-state index in [4.69, 9.17) is 10.5 Å². The molecule has 1 unspecified atom stereocenters. The van der Waals surface area contributed by atoms with Crippen LogP contribution in [0, 0.1) is 5.41 Å². The van der Waals surface area contributed by atoms with E-state index >= 15 is 0 Å². The largest absolute Gasteiger partial charge is 0.493 e. The number of guanidine groups is 1. The maximum atomic E-state index is 6.09. The van der Waals surface area contributed by atoms with Crippen molar-refractivity contribution < 1.29 is 4.74 Å². The molecular weight excluding hydrogens is 262 g/mol. The molecule has 21 heavy (non-hydrogen) atoms. The van der Waals surface area contributed by atoms with E-state index in [-0.39, 0.29) is 6.04 Å². The minimum Gasteiger partial charge on any atom is -0.493 e. The summed E-state index contributed by atoms with van der Waals surface area (Å²) in [6.07, 6.45) is 6.03. The molecule has 4 heteroatoms. The zero-order valence-corrected chi connectivity index (χ0v) is 12.8. The van der Waals surface area contributed by atoms with Crippen LogP contribution >= 0.6 is 0 Å². The van der Waals surface area contributed by atoms with Gasteiger partial charge < -0.3 is 15.8 Å². The molecular formula is C17H25N3O. The predicted octanol–water partition coefficient (Wildman–Crippen LogP) is 2.99. The van der Waals surface area contributed by atoms with Crippen molar-refractivity contribution in [3.63, 3.8) is 0 Å². The Morgan fingerprint density at radius 1 is 1.43 bits per heavy atom. The summed E-state index contributed by atoms with van der Waals surface area (Å²) < 4.78 is 5.67. The number of nitrogens with two attached hydrogens (primary N) is 1. The highest BCUT2D eigenvalue weighted by Crippen LogP contribution is 2.49. The van der Waals surface area contributed by atoms with Gasteiger partial charge in [-0.1, -0.05) is 31.5 Å². The van der Waals surface area contributed by atoms with Crippen LogP contribution in [0.5, 0.6) is 5.75 Å². The molecule has 1 atom stereocenters. The lowest BCUT2D eigenvalue weighted by Gasteiger charge is -2.27. The molecule has 1 aliphatic heterocycles. The SMILES string of the molecule is CCCC1(CN=C(N)NC2CCOc3ccccc32)CC1. The van der Waals surface area contributed by atoms with Crippen LogP contribution in [0.2, 0.25) is 0 Å². The summed E-state index contributed by atoms with van der Waals surface area (Å²) in [5.41, 5.74) is 7.72. The molecule has 3 N–H and O–H groups in total. The molecule has 1 aromatic carbocycles. The number of ether oxygens (including phenoxy) is 1. The van der Waals surface area contributed by atoms with Crippen LogP contribution in [0.25, 0.3) is 0 Å². The average Bonchev–Trinajstić information content (AvgIpc) is 3.26. The molecule has 1 fully saturated rings. The second-order valence-corrected chi connectivity index (χ2v) is 6.32. The van der Waals surface area contributed by atoms with E-state index < -0.39 is 0 Å². The molecule has 1 aliphatic carbocycles. The highest BCUT2D eigenvalue weighted by Gasteiger charge is 2.41. The van der Waals surface area contributed by atoms with Crippen molar-refractivity contribution in [1.82, 2.24) is 5.32 Å². The number of hydrogen-bond donors (Lipinski definition) is 2. The van der Waals surface area contributed by atoms with Gasteiger partial charge >= 0.3 is 0 Å². The Bertz CT molecular complexity index is 523. The molecule has 2 aliphatic rings. The molecule has 0 radical (unpaired) electrons. The number of hydrogen-bond acceptors (Lipinski definition) is 2. The molecule has 0 amide bonds. The molecule has 0 spiro atoms. The van der Waals surface area contributed by atoms with Gasteiger partial charge in [-0.25, -0.2) is 0 Å². The summed E-state index contributed by atoms with van der Waals surface area (Å²) in [4.78, 5) is 4.59. The van der Waals surface area contributed by atoms with Gasteiger partial charge in [0.25, 0.3) is 0 Å². The van der Waals surface area contributed by atoms with Crippen molar-refractivity contribution in [2.75, 3.05) is 13.2 Å². The van der Waals surface area contributed by atoms with Gasteiger partial charge in [0.15, 0.2) is 5.96 Å². The number of fused-ring (bicyclic) bond motifs is 1. The maximum absolute atomic E-state index is 6.09. The quantitative estimate of drug-likeness (QED) is 0.646. The monoisotopic (exact) mass is 287 g/mol. The summed E-state index contributed by atoms with van der Waals surface area (Å²) in [5.74, 6) is 1.53. The highest BCUT2D eigenvalue weighted by molar-refractivity contribution is 5.78. The highest BCUT2D eigenvalue weighted by atomic mass is 16.5. The summed E-state index contributed by atoms with van der Waals surface area (Å²) in [5, 5.41) is 3.37. The van der Waals surface area contributed by atoms with Crippen molar-refractivity contribution in [3.05, 3.63) is 29.8 Å². The van der Waals surface area contributed by atoms with Crippen molar-refractivity contribution in [1.29, 1.82) is 0 Å². The summed E-state index contributed by atoms with van der Waals surface area (Å²) in [6, 6.07) is 8.35. The first-order chi connectivity index (χ1) is 10.2. The number of rotatable bonds is 5. The van der Waals surface area contributed by atoms with Gasteiger partial charge in [0.05, 0.1) is 12.6 Å². The lowest BCUT2D eigenvalue weighted by atomic mass is 10.0. The Hall–Kier alpha value is -1.71. The molecule has 0 aromatic heterocycles. The summed E-state index contributed by atoms with van der Waals surface area (Å²) >= 11 is 0. The van der Waals surface area contributed by atoms with E-state index in [0.29, 0.717) is 11.4 Å². The number of benzene rings is 1. The van der Waals surface area contributed by atoms with E-state index in [9.17, 15) is 0 Å². The third-order valence-electron chi connectivity index (χ3n) is 4.60. The first-order valence-electron chi connectivity index (χ1n) is 8.01. The number of aliphatic imine (C=N–C) groups is 1.